The fourth-order valence-corrected chi connectivity index (χ4v) is 1.95. The molecule has 0 bridgehead atoms. The molecule has 2 rings (SSSR count). The quantitative estimate of drug-likeness (QED) is 0.693. The summed E-state index contributed by atoms with van der Waals surface area (Å²) in [5, 5.41) is 9.17. The van der Waals surface area contributed by atoms with Gasteiger partial charge in [0.2, 0.25) is 0 Å². The molecule has 0 aromatic rings. The van der Waals surface area contributed by atoms with E-state index in [1.165, 1.54) is 0 Å². The van der Waals surface area contributed by atoms with E-state index in [-0.39, 0.29) is 31.2 Å². The van der Waals surface area contributed by atoms with Crippen LogP contribution in [0.1, 0.15) is 6.42 Å². The fraction of sp³-hybridized carbons (Fsp3) is 0.818. The van der Waals surface area contributed by atoms with E-state index < -0.39 is 0 Å². The van der Waals surface area contributed by atoms with E-state index in [4.69, 9.17) is 24.1 Å². The molecule has 2 heterocycles. The highest BCUT2D eigenvalue weighted by molar-refractivity contribution is 5.03. The van der Waals surface area contributed by atoms with Crippen molar-refractivity contribution in [1.82, 2.24) is 0 Å². The lowest BCUT2D eigenvalue weighted by atomic mass is 10.1. The largest absolute Gasteiger partial charge is 0.394 e. The van der Waals surface area contributed by atoms with Crippen molar-refractivity contribution in [1.29, 1.82) is 0 Å². The maximum Gasteiger partial charge on any atom is 0.160 e. The predicted molar refractivity (Wildman–Crippen MR) is 56.0 cm³/mol. The molecule has 5 heteroatoms. The van der Waals surface area contributed by atoms with E-state index in [2.05, 4.69) is 0 Å². The standard InChI is InChI=1S/C11H18O5/c1-13-9-3-2-8(16-10(9)7-12)6-11-14-4-5-15-11/h2-3,8-12H,4-7H2,1H3/t8-,9-,10+/m0/s1. The molecule has 2 aliphatic heterocycles. The summed E-state index contributed by atoms with van der Waals surface area (Å²) in [6.45, 7) is 1.24. The molecule has 16 heavy (non-hydrogen) atoms. The minimum Gasteiger partial charge on any atom is -0.394 e. The van der Waals surface area contributed by atoms with Gasteiger partial charge < -0.3 is 24.1 Å². The van der Waals surface area contributed by atoms with E-state index in [1.807, 2.05) is 12.2 Å². The normalized spacial score (nSPS) is 35.8. The first-order chi connectivity index (χ1) is 7.83. The van der Waals surface area contributed by atoms with Gasteiger partial charge in [0.25, 0.3) is 0 Å². The molecule has 1 fully saturated rings. The van der Waals surface area contributed by atoms with Crippen LogP contribution in [-0.4, -0.2) is 56.6 Å². The van der Waals surface area contributed by atoms with Crippen LogP contribution in [0.2, 0.25) is 0 Å². The maximum absolute atomic E-state index is 9.17. The Morgan fingerprint density at radius 1 is 1.31 bits per heavy atom. The van der Waals surface area contributed by atoms with Crippen LogP contribution in [0, 0.1) is 0 Å². The monoisotopic (exact) mass is 230 g/mol. The van der Waals surface area contributed by atoms with Gasteiger partial charge in [-0.3, -0.25) is 0 Å². The van der Waals surface area contributed by atoms with Gasteiger partial charge in [-0.1, -0.05) is 12.2 Å². The Morgan fingerprint density at radius 2 is 2.06 bits per heavy atom. The van der Waals surface area contributed by atoms with Gasteiger partial charge in [-0.05, 0) is 0 Å². The summed E-state index contributed by atoms with van der Waals surface area (Å²) in [5.74, 6) is 0. The third kappa shape index (κ3) is 2.81. The molecule has 0 aliphatic carbocycles. The molecule has 0 unspecified atom stereocenters. The van der Waals surface area contributed by atoms with Gasteiger partial charge in [-0.2, -0.15) is 0 Å². The second-order valence-electron chi connectivity index (χ2n) is 3.89. The third-order valence-electron chi connectivity index (χ3n) is 2.80. The van der Waals surface area contributed by atoms with Crippen molar-refractivity contribution in [3.8, 4) is 0 Å². The first-order valence-corrected chi connectivity index (χ1v) is 5.54. The fourth-order valence-electron chi connectivity index (χ4n) is 1.95. The maximum atomic E-state index is 9.17. The van der Waals surface area contributed by atoms with Gasteiger partial charge in [0.1, 0.15) is 12.2 Å². The van der Waals surface area contributed by atoms with Crippen molar-refractivity contribution in [3.63, 3.8) is 0 Å². The smallest absolute Gasteiger partial charge is 0.160 e. The van der Waals surface area contributed by atoms with Crippen molar-refractivity contribution in [2.75, 3.05) is 26.9 Å². The molecule has 1 saturated heterocycles. The minimum absolute atomic E-state index is 0.0499. The minimum atomic E-state index is -0.304. The van der Waals surface area contributed by atoms with Crippen molar-refractivity contribution in [3.05, 3.63) is 12.2 Å². The first kappa shape index (κ1) is 12.0. The summed E-state index contributed by atoms with van der Waals surface area (Å²) in [6, 6.07) is 0. The molecular formula is C11H18O5. The summed E-state index contributed by atoms with van der Waals surface area (Å²) in [6.07, 6.45) is 3.77. The molecule has 0 saturated carbocycles. The molecule has 5 nitrogen and oxygen atoms in total. The number of ether oxygens (including phenoxy) is 4. The van der Waals surface area contributed by atoms with Crippen molar-refractivity contribution >= 4 is 0 Å². The van der Waals surface area contributed by atoms with Crippen LogP contribution in [0.25, 0.3) is 0 Å². The summed E-state index contributed by atoms with van der Waals surface area (Å²) in [5.41, 5.74) is 0. The Kier molecular flexibility index (Phi) is 4.31. The molecule has 2 aliphatic rings. The zero-order valence-electron chi connectivity index (χ0n) is 9.37. The van der Waals surface area contributed by atoms with Crippen LogP contribution < -0.4 is 0 Å². The highest BCUT2D eigenvalue weighted by Crippen LogP contribution is 2.21. The molecule has 0 radical (unpaired) electrons. The lowest BCUT2D eigenvalue weighted by Crippen LogP contribution is -2.40. The molecule has 0 amide bonds. The lowest BCUT2D eigenvalue weighted by Gasteiger charge is -2.31. The molecule has 0 aromatic heterocycles. The number of aliphatic hydroxyl groups is 1. The molecular weight excluding hydrogens is 212 g/mol. The van der Waals surface area contributed by atoms with Gasteiger partial charge in [0, 0.05) is 13.5 Å². The number of methoxy groups -OCH3 is 1. The van der Waals surface area contributed by atoms with E-state index in [0.717, 1.165) is 0 Å². The number of rotatable bonds is 4. The Bertz CT molecular complexity index is 237. The van der Waals surface area contributed by atoms with Gasteiger partial charge in [-0.25, -0.2) is 0 Å². The number of aliphatic hydroxyl groups excluding tert-OH is 1. The third-order valence-corrected chi connectivity index (χ3v) is 2.80. The average molecular weight is 230 g/mol. The van der Waals surface area contributed by atoms with Gasteiger partial charge in [-0.15, -0.1) is 0 Å². The Morgan fingerprint density at radius 3 is 2.69 bits per heavy atom. The SMILES string of the molecule is CO[C@H]1C=C[C@@H](CC2OCCO2)O[C@@H]1CO. The highest BCUT2D eigenvalue weighted by Gasteiger charge is 2.29. The zero-order chi connectivity index (χ0) is 11.4. The molecule has 92 valence electrons. The summed E-state index contributed by atoms with van der Waals surface area (Å²) in [4.78, 5) is 0. The highest BCUT2D eigenvalue weighted by atomic mass is 16.7. The van der Waals surface area contributed by atoms with E-state index in [9.17, 15) is 0 Å². The second-order valence-corrected chi connectivity index (χ2v) is 3.89. The van der Waals surface area contributed by atoms with Gasteiger partial charge in [0.05, 0.1) is 25.9 Å². The Balaban J connectivity index is 1.87. The topological polar surface area (TPSA) is 57.2 Å². The van der Waals surface area contributed by atoms with Crippen LogP contribution in [0.5, 0.6) is 0 Å². The second kappa shape index (κ2) is 5.75. The predicted octanol–water partition coefficient (Wildman–Crippen LogP) is 0.0803. The van der Waals surface area contributed by atoms with Crippen molar-refractivity contribution < 1.29 is 24.1 Å². The van der Waals surface area contributed by atoms with Crippen LogP contribution in [0.15, 0.2) is 12.2 Å². The number of hydrogen-bond donors (Lipinski definition) is 1. The van der Waals surface area contributed by atoms with Gasteiger partial charge >= 0.3 is 0 Å². The van der Waals surface area contributed by atoms with Crippen LogP contribution in [0.3, 0.4) is 0 Å². The molecule has 1 N–H and O–H groups in total. The Labute approximate surface area is 94.9 Å². The van der Waals surface area contributed by atoms with E-state index in [0.29, 0.717) is 19.6 Å². The van der Waals surface area contributed by atoms with Gasteiger partial charge in [0.15, 0.2) is 6.29 Å². The molecule has 3 atom stereocenters. The molecule has 0 spiro atoms. The summed E-state index contributed by atoms with van der Waals surface area (Å²) < 4.78 is 21.6. The van der Waals surface area contributed by atoms with E-state index >= 15 is 0 Å². The van der Waals surface area contributed by atoms with Crippen LogP contribution >= 0.6 is 0 Å². The first-order valence-electron chi connectivity index (χ1n) is 5.54. The van der Waals surface area contributed by atoms with Crippen molar-refractivity contribution in [2.24, 2.45) is 0 Å². The zero-order valence-corrected chi connectivity index (χ0v) is 9.37. The summed E-state index contributed by atoms with van der Waals surface area (Å²) in [7, 11) is 1.60. The van der Waals surface area contributed by atoms with E-state index in [1.54, 1.807) is 7.11 Å². The summed E-state index contributed by atoms with van der Waals surface area (Å²) >= 11 is 0. The lowest BCUT2D eigenvalue weighted by molar-refractivity contribution is -0.124. The van der Waals surface area contributed by atoms with Crippen LogP contribution in [-0.2, 0) is 18.9 Å². The van der Waals surface area contributed by atoms with Crippen molar-refractivity contribution in [2.45, 2.75) is 31.0 Å². The van der Waals surface area contributed by atoms with Crippen LogP contribution in [0.4, 0.5) is 0 Å². The average Bonchev–Trinajstić information content (AvgIpc) is 2.81. The number of hydrogen-bond acceptors (Lipinski definition) is 5. The molecule has 0 aromatic carbocycles. The Hall–Kier alpha value is -0.460.